The minimum Gasteiger partial charge on any atom is -0.478 e. The quantitative estimate of drug-likeness (QED) is 0.370. The molecule has 0 saturated heterocycles. The minimum absolute atomic E-state index is 0.191. The van der Waals surface area contributed by atoms with Gasteiger partial charge in [-0.3, -0.25) is 0 Å². The lowest BCUT2D eigenvalue weighted by Crippen LogP contribution is -2.62. The molecule has 5 rings (SSSR count). The van der Waals surface area contributed by atoms with Crippen LogP contribution in [0.1, 0.15) is 108 Å². The number of hydrogen-bond acceptors (Lipinski definition) is 3. The predicted molar refractivity (Wildman–Crippen MR) is 147 cm³/mol. The third-order valence-electron chi connectivity index (χ3n) is 12.5. The van der Waals surface area contributed by atoms with Crippen molar-refractivity contribution in [2.45, 2.75) is 111 Å². The first-order chi connectivity index (χ1) is 17.6. The summed E-state index contributed by atoms with van der Waals surface area (Å²) in [5, 5.41) is 32.0. The Labute approximate surface area is 224 Å². The monoisotopic (exact) mass is 510 g/mol. The molecule has 0 heterocycles. The van der Waals surface area contributed by atoms with Crippen LogP contribution in [0.25, 0.3) is 0 Å². The first kappa shape index (κ1) is 27.2. The number of hydrogen-bond donors (Lipinski definition) is 3. The minimum atomic E-state index is -0.827. The number of fused-ring (bicyclic) bond motifs is 5. The Bertz CT molecular complexity index is 975. The summed E-state index contributed by atoms with van der Waals surface area (Å²) in [7, 11) is 0. The van der Waals surface area contributed by atoms with Crippen molar-refractivity contribution in [3.8, 4) is 0 Å². The number of rotatable bonds is 7. The molecule has 1 aromatic rings. The molecule has 0 aromatic heterocycles. The van der Waals surface area contributed by atoms with E-state index in [1.54, 1.807) is 6.07 Å². The van der Waals surface area contributed by atoms with Gasteiger partial charge in [0.05, 0.1) is 17.8 Å². The van der Waals surface area contributed by atoms with Crippen LogP contribution in [-0.2, 0) is 6.42 Å². The van der Waals surface area contributed by atoms with Crippen LogP contribution in [0.3, 0.4) is 0 Å². The normalized spacial score (nSPS) is 43.9. The van der Waals surface area contributed by atoms with Crippen molar-refractivity contribution in [3.05, 3.63) is 35.4 Å². The second-order valence-corrected chi connectivity index (χ2v) is 14.0. The van der Waals surface area contributed by atoms with Crippen LogP contribution in [-0.4, -0.2) is 33.5 Å². The van der Waals surface area contributed by atoms with Gasteiger partial charge in [0, 0.05) is 0 Å². The van der Waals surface area contributed by atoms with E-state index in [4.69, 9.17) is 0 Å². The molecule has 0 amide bonds. The Morgan fingerprint density at radius 3 is 2.43 bits per heavy atom. The average Bonchev–Trinajstić information content (AvgIpc) is 3.22. The van der Waals surface area contributed by atoms with Gasteiger partial charge in [0.25, 0.3) is 0 Å². The highest BCUT2D eigenvalue weighted by atomic mass is 16.4. The van der Waals surface area contributed by atoms with Crippen LogP contribution >= 0.6 is 0 Å². The molecule has 4 nitrogen and oxygen atoms in total. The molecule has 4 saturated carbocycles. The van der Waals surface area contributed by atoms with Crippen molar-refractivity contribution in [1.82, 2.24) is 0 Å². The van der Waals surface area contributed by atoms with Gasteiger partial charge in [0.2, 0.25) is 0 Å². The number of benzene rings is 1. The summed E-state index contributed by atoms with van der Waals surface area (Å²) in [6.45, 7) is 9.75. The van der Waals surface area contributed by atoms with Gasteiger partial charge in [0.15, 0.2) is 0 Å². The van der Waals surface area contributed by atoms with Gasteiger partial charge in [-0.2, -0.15) is 0 Å². The summed E-state index contributed by atoms with van der Waals surface area (Å²) in [6, 6.07) is 7.45. The van der Waals surface area contributed by atoms with Crippen LogP contribution in [0.15, 0.2) is 24.3 Å². The fourth-order valence-corrected chi connectivity index (χ4v) is 10.7. The van der Waals surface area contributed by atoms with Gasteiger partial charge in [-0.1, -0.05) is 58.7 Å². The van der Waals surface area contributed by atoms with E-state index >= 15 is 0 Å². The zero-order chi connectivity index (χ0) is 26.5. The lowest BCUT2D eigenvalue weighted by Gasteiger charge is -2.64. The molecule has 0 spiro atoms. The molecule has 4 aliphatic carbocycles. The molecule has 3 N–H and O–H groups in total. The number of aliphatic hydroxyl groups excluding tert-OH is 2. The average molecular weight is 511 g/mol. The molecule has 0 unspecified atom stereocenters. The van der Waals surface area contributed by atoms with Crippen LogP contribution in [0.2, 0.25) is 0 Å². The molecule has 206 valence electrons. The Kier molecular flexibility index (Phi) is 7.57. The molecule has 11 atom stereocenters. The van der Waals surface area contributed by atoms with Gasteiger partial charge < -0.3 is 15.3 Å². The Balaban J connectivity index is 1.30. The molecule has 4 aliphatic rings. The summed E-state index contributed by atoms with van der Waals surface area (Å²) >= 11 is 0. The molecule has 4 fully saturated rings. The van der Waals surface area contributed by atoms with Gasteiger partial charge in [-0.05, 0) is 122 Å². The van der Waals surface area contributed by atoms with E-state index < -0.39 is 5.97 Å². The molecule has 37 heavy (non-hydrogen) atoms. The molecule has 0 bridgehead atoms. The van der Waals surface area contributed by atoms with Gasteiger partial charge in [0.1, 0.15) is 0 Å². The smallest absolute Gasteiger partial charge is 0.335 e. The third kappa shape index (κ3) is 4.48. The Morgan fingerprint density at radius 2 is 1.70 bits per heavy atom. The Hall–Kier alpha value is -1.39. The number of carboxylic acid groups (broad SMARTS) is 1. The van der Waals surface area contributed by atoms with E-state index in [2.05, 4.69) is 27.7 Å². The van der Waals surface area contributed by atoms with Crippen molar-refractivity contribution in [3.63, 3.8) is 0 Å². The van der Waals surface area contributed by atoms with E-state index in [9.17, 15) is 20.1 Å². The van der Waals surface area contributed by atoms with Crippen molar-refractivity contribution in [2.24, 2.45) is 52.3 Å². The number of carbonyl (C=O) groups is 1. The maximum atomic E-state index is 11.9. The molecule has 0 radical (unpaired) electrons. The summed E-state index contributed by atoms with van der Waals surface area (Å²) in [5.41, 5.74) is 1.94. The molecule has 0 aliphatic heterocycles. The van der Waals surface area contributed by atoms with Crippen molar-refractivity contribution >= 4 is 5.97 Å². The molecular weight excluding hydrogens is 460 g/mol. The lowest BCUT2D eigenvalue weighted by atomic mass is 9.41. The maximum absolute atomic E-state index is 11.9. The van der Waals surface area contributed by atoms with E-state index in [1.807, 2.05) is 18.2 Å². The fraction of sp³-hybridized carbons (Fsp3) is 0.788. The van der Waals surface area contributed by atoms with Gasteiger partial charge in [-0.25, -0.2) is 4.79 Å². The summed E-state index contributed by atoms with van der Waals surface area (Å²) in [5.74, 6) is 2.81. The lowest BCUT2D eigenvalue weighted by molar-refractivity contribution is -0.203. The van der Waals surface area contributed by atoms with Crippen LogP contribution in [0.4, 0.5) is 0 Å². The standard InChI is InChI=1S/C33H50O4/c1-5-23-28-19-22(34)15-17-33(28,4)27-16-18-32(3)25(13-14-26(32)29(27)30(23)35)20(2)9-8-11-21-10-6-7-12-24(21)31(36)37/h6-7,10,12,20,22-23,25-30,34-35H,5,8-9,11,13-19H2,1-4H3,(H,36,37)/t20-,22-,23-,25-,26+,27+,28+,29+,30-,32-,33-/m1/s1. The summed E-state index contributed by atoms with van der Waals surface area (Å²) in [6.07, 6.45) is 11.5. The number of carboxylic acids is 1. The summed E-state index contributed by atoms with van der Waals surface area (Å²) < 4.78 is 0. The van der Waals surface area contributed by atoms with Crippen LogP contribution < -0.4 is 0 Å². The van der Waals surface area contributed by atoms with Crippen LogP contribution in [0, 0.1) is 52.3 Å². The topological polar surface area (TPSA) is 77.8 Å². The first-order valence-electron chi connectivity index (χ1n) is 15.3. The molecule has 1 aromatic carbocycles. The van der Waals surface area contributed by atoms with Gasteiger partial charge >= 0.3 is 5.97 Å². The number of aryl methyl sites for hydroxylation is 1. The Morgan fingerprint density at radius 1 is 1.00 bits per heavy atom. The van der Waals surface area contributed by atoms with E-state index in [0.29, 0.717) is 47.0 Å². The van der Waals surface area contributed by atoms with E-state index in [0.717, 1.165) is 50.5 Å². The first-order valence-corrected chi connectivity index (χ1v) is 15.3. The second-order valence-electron chi connectivity index (χ2n) is 14.0. The number of aromatic carboxylic acids is 1. The van der Waals surface area contributed by atoms with E-state index in [1.165, 1.54) is 25.7 Å². The zero-order valence-corrected chi connectivity index (χ0v) is 23.5. The van der Waals surface area contributed by atoms with E-state index in [-0.39, 0.29) is 23.0 Å². The SMILES string of the molecule is CC[C@H]1[C@@H](O)[C@@H]2[C@H](CC[C@]3(C)[C@@H]([C@H](C)CCCc4ccccc4C(=O)O)CC[C@@H]23)[C@@]2(C)CC[C@@H](O)C[C@@H]12. The van der Waals surface area contributed by atoms with Crippen LogP contribution in [0.5, 0.6) is 0 Å². The summed E-state index contributed by atoms with van der Waals surface area (Å²) in [4.78, 5) is 11.6. The second kappa shape index (κ2) is 10.3. The fourth-order valence-electron chi connectivity index (χ4n) is 10.7. The molecule has 4 heteroatoms. The molecular formula is C33H50O4. The zero-order valence-electron chi connectivity index (χ0n) is 23.5. The van der Waals surface area contributed by atoms with Crippen molar-refractivity contribution in [2.75, 3.05) is 0 Å². The van der Waals surface area contributed by atoms with Crippen molar-refractivity contribution < 1.29 is 20.1 Å². The number of aliphatic hydroxyl groups is 2. The maximum Gasteiger partial charge on any atom is 0.335 e. The predicted octanol–water partition coefficient (Wildman–Crippen LogP) is 6.97. The highest BCUT2D eigenvalue weighted by molar-refractivity contribution is 5.89. The largest absolute Gasteiger partial charge is 0.478 e. The van der Waals surface area contributed by atoms with Crippen molar-refractivity contribution in [1.29, 1.82) is 0 Å². The highest BCUT2D eigenvalue weighted by Gasteiger charge is 2.64. The third-order valence-corrected chi connectivity index (χ3v) is 12.5. The highest BCUT2D eigenvalue weighted by Crippen LogP contribution is 2.69. The van der Waals surface area contributed by atoms with Gasteiger partial charge in [-0.15, -0.1) is 0 Å².